The lowest BCUT2D eigenvalue weighted by Gasteiger charge is -2.23. The van der Waals surface area contributed by atoms with Crippen LogP contribution < -0.4 is 11.1 Å². The van der Waals surface area contributed by atoms with Crippen LogP contribution in [0.5, 0.6) is 0 Å². The zero-order chi connectivity index (χ0) is 13.0. The first-order valence-electron chi connectivity index (χ1n) is 5.46. The summed E-state index contributed by atoms with van der Waals surface area (Å²) in [7, 11) is 0. The van der Waals surface area contributed by atoms with E-state index < -0.39 is 5.54 Å². The molecule has 0 aliphatic carbocycles. The quantitative estimate of drug-likeness (QED) is 0.685. The Balaban J connectivity index is 2.04. The molecular weight excluding hydrogens is 232 g/mol. The third kappa shape index (κ3) is 2.51. The number of H-pyrrole nitrogens is 1. The Morgan fingerprint density at radius 1 is 1.44 bits per heavy atom. The number of aromatic amines is 1. The SMILES string of the molecule is CC(N)(C(=O)NCc1nn[nH]n1)c1ccccc1. The van der Waals surface area contributed by atoms with Gasteiger partial charge in [0.05, 0.1) is 6.54 Å². The fourth-order valence-electron chi connectivity index (χ4n) is 1.52. The normalized spacial score (nSPS) is 13.9. The summed E-state index contributed by atoms with van der Waals surface area (Å²) in [6.45, 7) is 1.85. The van der Waals surface area contributed by atoms with E-state index in [1.54, 1.807) is 6.92 Å². The first kappa shape index (κ1) is 12.2. The summed E-state index contributed by atoms with van der Waals surface area (Å²) < 4.78 is 0. The number of nitrogens with zero attached hydrogens (tertiary/aromatic N) is 3. The van der Waals surface area contributed by atoms with Crippen molar-refractivity contribution in [2.45, 2.75) is 19.0 Å². The number of hydrogen-bond donors (Lipinski definition) is 3. The van der Waals surface area contributed by atoms with Crippen LogP contribution in [-0.2, 0) is 16.9 Å². The van der Waals surface area contributed by atoms with Crippen LogP contribution in [0.15, 0.2) is 30.3 Å². The van der Waals surface area contributed by atoms with Gasteiger partial charge < -0.3 is 11.1 Å². The molecule has 18 heavy (non-hydrogen) atoms. The Morgan fingerprint density at radius 2 is 2.17 bits per heavy atom. The Labute approximate surface area is 104 Å². The highest BCUT2D eigenvalue weighted by Crippen LogP contribution is 2.17. The highest BCUT2D eigenvalue weighted by molar-refractivity contribution is 5.86. The summed E-state index contributed by atoms with van der Waals surface area (Å²) in [5.41, 5.74) is 5.70. The van der Waals surface area contributed by atoms with Crippen molar-refractivity contribution in [1.82, 2.24) is 25.9 Å². The molecule has 1 heterocycles. The number of hydrogen-bond acceptors (Lipinski definition) is 5. The van der Waals surface area contributed by atoms with Crippen molar-refractivity contribution in [3.8, 4) is 0 Å². The Kier molecular flexibility index (Phi) is 3.33. The van der Waals surface area contributed by atoms with Gasteiger partial charge in [0.1, 0.15) is 5.54 Å². The molecule has 1 amide bonds. The number of nitrogens with two attached hydrogens (primary N) is 1. The lowest BCUT2D eigenvalue weighted by atomic mass is 9.92. The fraction of sp³-hybridized carbons (Fsp3) is 0.273. The van der Waals surface area contributed by atoms with Gasteiger partial charge in [-0.3, -0.25) is 4.79 Å². The molecule has 1 atom stereocenters. The van der Waals surface area contributed by atoms with Crippen LogP contribution in [-0.4, -0.2) is 26.5 Å². The second-order valence-electron chi connectivity index (χ2n) is 4.08. The lowest BCUT2D eigenvalue weighted by Crippen LogP contribution is -2.48. The number of carbonyl (C=O) groups excluding carboxylic acids is 1. The summed E-state index contributed by atoms with van der Waals surface area (Å²) in [6.07, 6.45) is 0. The van der Waals surface area contributed by atoms with Crippen LogP contribution in [0.4, 0.5) is 0 Å². The van der Waals surface area contributed by atoms with Crippen molar-refractivity contribution in [3.05, 3.63) is 41.7 Å². The number of aromatic nitrogens is 4. The van der Waals surface area contributed by atoms with E-state index in [1.165, 1.54) is 0 Å². The van der Waals surface area contributed by atoms with Crippen molar-refractivity contribution in [2.24, 2.45) is 5.73 Å². The molecule has 2 rings (SSSR count). The van der Waals surface area contributed by atoms with Crippen LogP contribution in [0.25, 0.3) is 0 Å². The van der Waals surface area contributed by atoms with E-state index in [2.05, 4.69) is 25.9 Å². The van der Waals surface area contributed by atoms with Crippen LogP contribution >= 0.6 is 0 Å². The minimum atomic E-state index is -1.09. The second kappa shape index (κ2) is 4.92. The molecular formula is C11H14N6O. The van der Waals surface area contributed by atoms with Gasteiger partial charge in [0.25, 0.3) is 0 Å². The van der Waals surface area contributed by atoms with Gasteiger partial charge in [-0.2, -0.15) is 5.21 Å². The average Bonchev–Trinajstić information content (AvgIpc) is 2.90. The maximum absolute atomic E-state index is 12.0. The molecule has 0 bridgehead atoms. The minimum Gasteiger partial charge on any atom is -0.347 e. The molecule has 7 nitrogen and oxygen atoms in total. The maximum Gasteiger partial charge on any atom is 0.244 e. The predicted octanol–water partition coefficient (Wildman–Crippen LogP) is -0.310. The van der Waals surface area contributed by atoms with E-state index in [4.69, 9.17) is 5.73 Å². The summed E-state index contributed by atoms with van der Waals surface area (Å²) in [6, 6.07) is 9.18. The second-order valence-corrected chi connectivity index (χ2v) is 4.08. The molecule has 0 spiro atoms. The first-order chi connectivity index (χ1) is 8.60. The van der Waals surface area contributed by atoms with Crippen LogP contribution in [0.2, 0.25) is 0 Å². The van der Waals surface area contributed by atoms with Crippen LogP contribution in [0.1, 0.15) is 18.3 Å². The molecule has 0 aliphatic heterocycles. The molecule has 0 fully saturated rings. The zero-order valence-electron chi connectivity index (χ0n) is 9.92. The van der Waals surface area contributed by atoms with E-state index in [9.17, 15) is 4.79 Å². The molecule has 0 saturated carbocycles. The van der Waals surface area contributed by atoms with E-state index in [0.29, 0.717) is 5.82 Å². The number of nitrogens with one attached hydrogen (secondary N) is 2. The lowest BCUT2D eigenvalue weighted by molar-refractivity contribution is -0.126. The fourth-order valence-corrected chi connectivity index (χ4v) is 1.52. The molecule has 2 aromatic rings. The zero-order valence-corrected chi connectivity index (χ0v) is 9.92. The number of rotatable bonds is 4. The Morgan fingerprint density at radius 3 is 2.78 bits per heavy atom. The van der Waals surface area contributed by atoms with Gasteiger partial charge in [-0.1, -0.05) is 35.5 Å². The average molecular weight is 246 g/mol. The number of carbonyl (C=O) groups is 1. The van der Waals surface area contributed by atoms with Crippen molar-refractivity contribution in [1.29, 1.82) is 0 Å². The van der Waals surface area contributed by atoms with Gasteiger partial charge in [-0.25, -0.2) is 0 Å². The van der Waals surface area contributed by atoms with Crippen LogP contribution in [0.3, 0.4) is 0 Å². The Bertz CT molecular complexity index is 508. The summed E-state index contributed by atoms with van der Waals surface area (Å²) >= 11 is 0. The van der Waals surface area contributed by atoms with E-state index >= 15 is 0 Å². The molecule has 1 aromatic carbocycles. The minimum absolute atomic E-state index is 0.189. The molecule has 1 aromatic heterocycles. The first-order valence-corrected chi connectivity index (χ1v) is 5.46. The third-order valence-electron chi connectivity index (χ3n) is 2.64. The summed E-state index contributed by atoms with van der Waals surface area (Å²) in [4.78, 5) is 12.0. The number of amides is 1. The van der Waals surface area contributed by atoms with E-state index in [1.807, 2.05) is 30.3 Å². The summed E-state index contributed by atoms with van der Waals surface area (Å²) in [5, 5.41) is 15.9. The standard InChI is InChI=1S/C11H14N6O/c1-11(12,8-5-3-2-4-6-8)10(18)13-7-9-14-16-17-15-9/h2-6H,7,12H2,1H3,(H,13,18)(H,14,15,16,17). The highest BCUT2D eigenvalue weighted by Gasteiger charge is 2.30. The monoisotopic (exact) mass is 246 g/mol. The van der Waals surface area contributed by atoms with E-state index in [0.717, 1.165) is 5.56 Å². The van der Waals surface area contributed by atoms with Gasteiger partial charge >= 0.3 is 0 Å². The Hall–Kier alpha value is -2.28. The van der Waals surface area contributed by atoms with Crippen molar-refractivity contribution in [3.63, 3.8) is 0 Å². The van der Waals surface area contributed by atoms with Gasteiger partial charge in [-0.05, 0) is 12.5 Å². The molecule has 0 saturated heterocycles. The summed E-state index contributed by atoms with van der Waals surface area (Å²) in [5.74, 6) is 0.116. The van der Waals surface area contributed by atoms with Crippen LogP contribution in [0, 0.1) is 0 Å². The molecule has 1 unspecified atom stereocenters. The van der Waals surface area contributed by atoms with E-state index in [-0.39, 0.29) is 12.5 Å². The smallest absolute Gasteiger partial charge is 0.244 e. The van der Waals surface area contributed by atoms with Crippen molar-refractivity contribution in [2.75, 3.05) is 0 Å². The van der Waals surface area contributed by atoms with Crippen molar-refractivity contribution >= 4 is 5.91 Å². The van der Waals surface area contributed by atoms with Gasteiger partial charge in [0.2, 0.25) is 5.91 Å². The molecule has 0 radical (unpaired) electrons. The van der Waals surface area contributed by atoms with Gasteiger partial charge in [-0.15, -0.1) is 10.2 Å². The molecule has 7 heteroatoms. The third-order valence-corrected chi connectivity index (χ3v) is 2.64. The molecule has 0 aliphatic rings. The highest BCUT2D eigenvalue weighted by atomic mass is 16.2. The van der Waals surface area contributed by atoms with Crippen molar-refractivity contribution < 1.29 is 4.79 Å². The molecule has 94 valence electrons. The predicted molar refractivity (Wildman–Crippen MR) is 64.0 cm³/mol. The number of tetrazole rings is 1. The van der Waals surface area contributed by atoms with Gasteiger partial charge in [0.15, 0.2) is 5.82 Å². The topological polar surface area (TPSA) is 110 Å². The number of benzene rings is 1. The molecule has 4 N–H and O–H groups in total. The maximum atomic E-state index is 12.0. The van der Waals surface area contributed by atoms with Gasteiger partial charge in [0, 0.05) is 0 Å². The largest absolute Gasteiger partial charge is 0.347 e.